The SMILES string of the molecule is C(=Cc1cccc(-n2cnc3ccccc32)c1)c1cccc(-n2ccnc2)c1. The molecule has 0 atom stereocenters. The molecule has 2 heterocycles. The number of fused-ring (bicyclic) bond motifs is 1. The Morgan fingerprint density at radius 3 is 2.25 bits per heavy atom. The Balaban J connectivity index is 1.45. The highest BCUT2D eigenvalue weighted by Gasteiger charge is 2.04. The lowest BCUT2D eigenvalue weighted by atomic mass is 10.1. The summed E-state index contributed by atoms with van der Waals surface area (Å²) in [5.74, 6) is 0. The summed E-state index contributed by atoms with van der Waals surface area (Å²) in [5.41, 5.74) is 6.59. The molecule has 0 aliphatic rings. The summed E-state index contributed by atoms with van der Waals surface area (Å²) in [4.78, 5) is 8.60. The van der Waals surface area contributed by atoms with Gasteiger partial charge >= 0.3 is 0 Å². The van der Waals surface area contributed by atoms with Crippen LogP contribution in [0.2, 0.25) is 0 Å². The van der Waals surface area contributed by atoms with Crippen LogP contribution in [-0.2, 0) is 0 Å². The van der Waals surface area contributed by atoms with E-state index >= 15 is 0 Å². The third-order valence-electron chi connectivity index (χ3n) is 4.74. The van der Waals surface area contributed by atoms with Gasteiger partial charge in [0.25, 0.3) is 0 Å². The Morgan fingerprint density at radius 2 is 1.46 bits per heavy atom. The molecule has 0 aliphatic heterocycles. The second kappa shape index (κ2) is 7.00. The molecular weight excluding hydrogens is 344 g/mol. The van der Waals surface area contributed by atoms with Crippen molar-refractivity contribution >= 4 is 23.2 Å². The average Bonchev–Trinajstić information content (AvgIpc) is 3.43. The largest absolute Gasteiger partial charge is 0.306 e. The molecule has 3 aromatic carbocycles. The number of benzene rings is 3. The molecule has 0 bridgehead atoms. The summed E-state index contributed by atoms with van der Waals surface area (Å²) in [6.07, 6.45) is 11.7. The van der Waals surface area contributed by atoms with Gasteiger partial charge in [-0.25, -0.2) is 9.97 Å². The van der Waals surface area contributed by atoms with E-state index in [1.165, 1.54) is 0 Å². The molecule has 0 unspecified atom stereocenters. The van der Waals surface area contributed by atoms with E-state index in [0.717, 1.165) is 33.5 Å². The Kier molecular flexibility index (Phi) is 4.07. The normalized spacial score (nSPS) is 11.4. The van der Waals surface area contributed by atoms with E-state index in [1.54, 1.807) is 6.20 Å². The lowest BCUT2D eigenvalue weighted by Gasteiger charge is -2.06. The fraction of sp³-hybridized carbons (Fsp3) is 0. The first kappa shape index (κ1) is 16.3. The zero-order valence-corrected chi connectivity index (χ0v) is 15.2. The summed E-state index contributed by atoms with van der Waals surface area (Å²) in [5, 5.41) is 0. The van der Waals surface area contributed by atoms with Gasteiger partial charge in [0, 0.05) is 23.8 Å². The average molecular weight is 362 g/mol. The number of hydrogen-bond acceptors (Lipinski definition) is 2. The van der Waals surface area contributed by atoms with E-state index in [2.05, 4.69) is 81.3 Å². The molecule has 0 radical (unpaired) electrons. The number of aromatic nitrogens is 4. The van der Waals surface area contributed by atoms with Gasteiger partial charge in [-0.3, -0.25) is 4.57 Å². The maximum Gasteiger partial charge on any atom is 0.100 e. The quantitative estimate of drug-likeness (QED) is 0.402. The van der Waals surface area contributed by atoms with Gasteiger partial charge in [-0.1, -0.05) is 48.6 Å². The van der Waals surface area contributed by atoms with Crippen molar-refractivity contribution < 1.29 is 0 Å². The monoisotopic (exact) mass is 362 g/mol. The van der Waals surface area contributed by atoms with Crippen LogP contribution in [0.15, 0.2) is 97.8 Å². The third kappa shape index (κ3) is 3.12. The van der Waals surface area contributed by atoms with Crippen LogP contribution in [0.3, 0.4) is 0 Å². The molecule has 5 aromatic rings. The molecule has 0 saturated heterocycles. The van der Waals surface area contributed by atoms with Gasteiger partial charge in [-0.15, -0.1) is 0 Å². The fourth-order valence-corrected chi connectivity index (χ4v) is 3.34. The van der Waals surface area contributed by atoms with Crippen molar-refractivity contribution in [3.63, 3.8) is 0 Å². The summed E-state index contributed by atoms with van der Waals surface area (Å²) < 4.78 is 4.12. The Hall–Kier alpha value is -3.92. The van der Waals surface area contributed by atoms with E-state index < -0.39 is 0 Å². The molecule has 4 heteroatoms. The van der Waals surface area contributed by atoms with Crippen molar-refractivity contribution in [2.75, 3.05) is 0 Å². The van der Waals surface area contributed by atoms with Crippen molar-refractivity contribution in [2.24, 2.45) is 0 Å². The second-order valence-corrected chi connectivity index (χ2v) is 6.60. The van der Waals surface area contributed by atoms with Gasteiger partial charge in [0.15, 0.2) is 0 Å². The molecule has 0 spiro atoms. The summed E-state index contributed by atoms with van der Waals surface area (Å²) in [6, 6.07) is 25.0. The van der Waals surface area contributed by atoms with Crippen LogP contribution in [0.25, 0.3) is 34.6 Å². The van der Waals surface area contributed by atoms with Crippen LogP contribution in [-0.4, -0.2) is 19.1 Å². The first-order chi connectivity index (χ1) is 13.9. The lowest BCUT2D eigenvalue weighted by molar-refractivity contribution is 1.06. The van der Waals surface area contributed by atoms with Gasteiger partial charge in [-0.2, -0.15) is 0 Å². The summed E-state index contributed by atoms with van der Waals surface area (Å²) in [7, 11) is 0. The predicted molar refractivity (Wildman–Crippen MR) is 114 cm³/mol. The van der Waals surface area contributed by atoms with E-state index in [1.807, 2.05) is 41.6 Å². The van der Waals surface area contributed by atoms with E-state index in [4.69, 9.17) is 0 Å². The highest BCUT2D eigenvalue weighted by atomic mass is 15.0. The van der Waals surface area contributed by atoms with E-state index in [9.17, 15) is 0 Å². The summed E-state index contributed by atoms with van der Waals surface area (Å²) >= 11 is 0. The van der Waals surface area contributed by atoms with Crippen LogP contribution >= 0.6 is 0 Å². The minimum atomic E-state index is 1.000. The van der Waals surface area contributed by atoms with Crippen molar-refractivity contribution in [3.05, 3.63) is 109 Å². The minimum absolute atomic E-state index is 1.000. The molecule has 4 nitrogen and oxygen atoms in total. The van der Waals surface area contributed by atoms with Crippen LogP contribution in [0, 0.1) is 0 Å². The third-order valence-corrected chi connectivity index (χ3v) is 4.74. The van der Waals surface area contributed by atoms with Crippen molar-refractivity contribution in [3.8, 4) is 11.4 Å². The molecule has 5 rings (SSSR count). The first-order valence-corrected chi connectivity index (χ1v) is 9.16. The molecule has 0 N–H and O–H groups in total. The molecule has 0 aliphatic carbocycles. The highest BCUT2D eigenvalue weighted by Crippen LogP contribution is 2.20. The Bertz CT molecular complexity index is 1260. The van der Waals surface area contributed by atoms with Crippen LogP contribution in [0.1, 0.15) is 11.1 Å². The summed E-state index contributed by atoms with van der Waals surface area (Å²) in [6.45, 7) is 0. The first-order valence-electron chi connectivity index (χ1n) is 9.16. The van der Waals surface area contributed by atoms with Crippen molar-refractivity contribution in [1.82, 2.24) is 19.1 Å². The maximum atomic E-state index is 4.49. The van der Waals surface area contributed by atoms with Gasteiger partial charge in [0.05, 0.1) is 17.4 Å². The highest BCUT2D eigenvalue weighted by molar-refractivity contribution is 5.78. The molecule has 0 amide bonds. The van der Waals surface area contributed by atoms with E-state index in [0.29, 0.717) is 0 Å². The zero-order chi connectivity index (χ0) is 18.8. The number of imidazole rings is 2. The molecule has 28 heavy (non-hydrogen) atoms. The zero-order valence-electron chi connectivity index (χ0n) is 15.2. The smallest absolute Gasteiger partial charge is 0.100 e. The van der Waals surface area contributed by atoms with Gasteiger partial charge in [-0.05, 0) is 47.5 Å². The Morgan fingerprint density at radius 1 is 0.714 bits per heavy atom. The van der Waals surface area contributed by atoms with Gasteiger partial charge in [0.1, 0.15) is 6.33 Å². The topological polar surface area (TPSA) is 35.6 Å². The number of hydrogen-bond donors (Lipinski definition) is 0. The minimum Gasteiger partial charge on any atom is -0.306 e. The van der Waals surface area contributed by atoms with Gasteiger partial charge < -0.3 is 4.57 Å². The molecular formula is C24H18N4. The number of nitrogens with zero attached hydrogens (tertiary/aromatic N) is 4. The Labute approximate surface area is 163 Å². The second-order valence-electron chi connectivity index (χ2n) is 6.60. The molecule has 0 fully saturated rings. The van der Waals surface area contributed by atoms with Crippen molar-refractivity contribution in [2.45, 2.75) is 0 Å². The molecule has 2 aromatic heterocycles. The fourth-order valence-electron chi connectivity index (χ4n) is 3.34. The molecule has 134 valence electrons. The number of rotatable bonds is 4. The molecule has 0 saturated carbocycles. The van der Waals surface area contributed by atoms with Crippen LogP contribution in [0.5, 0.6) is 0 Å². The maximum absolute atomic E-state index is 4.49. The van der Waals surface area contributed by atoms with Gasteiger partial charge in [0.2, 0.25) is 0 Å². The number of para-hydroxylation sites is 2. The van der Waals surface area contributed by atoms with Crippen LogP contribution in [0.4, 0.5) is 0 Å². The van der Waals surface area contributed by atoms with Crippen molar-refractivity contribution in [1.29, 1.82) is 0 Å². The standard InChI is InChI=1S/C24H18N4/c1-2-10-24-23(9-1)26-18-28(24)22-8-4-6-20(16-22)12-11-19-5-3-7-21(15-19)27-14-13-25-17-27/h1-18H. The van der Waals surface area contributed by atoms with E-state index in [-0.39, 0.29) is 0 Å². The predicted octanol–water partition coefficient (Wildman–Crippen LogP) is 5.38. The lowest BCUT2D eigenvalue weighted by Crippen LogP contribution is -1.92. The van der Waals surface area contributed by atoms with Crippen LogP contribution < -0.4 is 0 Å².